The molecule has 1 heterocycles. The molecular weight excluding hydrogens is 442 g/mol. The minimum Gasteiger partial charge on any atom is -0.465 e. The summed E-state index contributed by atoms with van der Waals surface area (Å²) in [6.07, 6.45) is 3.28. The van der Waals surface area contributed by atoms with Crippen molar-refractivity contribution < 1.29 is 19.1 Å². The molecule has 1 saturated heterocycles. The molecule has 2 aromatic rings. The molecule has 2 bridgehead atoms. The number of hydrogen-bond donors (Lipinski definition) is 1. The van der Waals surface area contributed by atoms with Crippen LogP contribution in [-0.2, 0) is 11.3 Å². The number of anilines is 1. The highest BCUT2D eigenvalue weighted by Gasteiger charge is 2.51. The van der Waals surface area contributed by atoms with Gasteiger partial charge in [-0.2, -0.15) is 0 Å². The first-order valence-corrected chi connectivity index (χ1v) is 12.1. The molecule has 2 aliphatic rings. The van der Waals surface area contributed by atoms with Gasteiger partial charge in [0.2, 0.25) is 0 Å². The topological polar surface area (TPSA) is 79.0 Å². The van der Waals surface area contributed by atoms with E-state index in [1.165, 1.54) is 12.0 Å². The molecule has 2 fully saturated rings. The second-order valence-corrected chi connectivity index (χ2v) is 11.2. The van der Waals surface area contributed by atoms with E-state index >= 15 is 0 Å². The van der Waals surface area contributed by atoms with Crippen LogP contribution in [0.1, 0.15) is 66.3 Å². The van der Waals surface area contributed by atoms with E-state index in [1.54, 1.807) is 31.3 Å². The molecule has 2 aromatic carbocycles. The number of carbonyl (C=O) groups is 3. The molecule has 1 aliphatic carbocycles. The van der Waals surface area contributed by atoms with Crippen molar-refractivity contribution in [2.75, 3.05) is 26.0 Å². The average Bonchev–Trinajstić information content (AvgIpc) is 3.07. The summed E-state index contributed by atoms with van der Waals surface area (Å²) in [7, 11) is 2.99. The minimum atomic E-state index is -0.511. The molecule has 1 N–H and O–H groups in total. The van der Waals surface area contributed by atoms with Gasteiger partial charge < -0.3 is 19.9 Å². The number of nitrogens with zero attached hydrogens (tertiary/aromatic N) is 2. The fraction of sp³-hybridized carbons (Fsp3) is 0.464. The van der Waals surface area contributed by atoms with E-state index in [9.17, 15) is 14.4 Å². The van der Waals surface area contributed by atoms with Gasteiger partial charge >= 0.3 is 12.0 Å². The number of rotatable bonds is 5. The zero-order chi connectivity index (χ0) is 25.4. The van der Waals surface area contributed by atoms with Gasteiger partial charge in [0.05, 0.1) is 18.4 Å². The number of amides is 3. The largest absolute Gasteiger partial charge is 0.465 e. The Bertz CT molecular complexity index is 1130. The summed E-state index contributed by atoms with van der Waals surface area (Å²) < 4.78 is 4.79. The van der Waals surface area contributed by atoms with E-state index in [1.807, 2.05) is 24.3 Å². The fourth-order valence-electron chi connectivity index (χ4n) is 6.05. The molecule has 2 unspecified atom stereocenters. The van der Waals surface area contributed by atoms with Crippen molar-refractivity contribution in [3.8, 4) is 0 Å². The van der Waals surface area contributed by atoms with E-state index in [0.29, 0.717) is 29.4 Å². The molecular formula is C28H35N3O4. The highest BCUT2D eigenvalue weighted by atomic mass is 16.5. The van der Waals surface area contributed by atoms with Crippen LogP contribution in [-0.4, -0.2) is 54.5 Å². The van der Waals surface area contributed by atoms with Crippen molar-refractivity contribution >= 4 is 23.6 Å². The number of fused-ring (bicyclic) bond motifs is 2. The van der Waals surface area contributed by atoms with Crippen molar-refractivity contribution in [1.29, 1.82) is 0 Å². The highest BCUT2D eigenvalue weighted by Crippen LogP contribution is 2.52. The van der Waals surface area contributed by atoms with Gasteiger partial charge in [-0.15, -0.1) is 0 Å². The Hall–Kier alpha value is -3.35. The molecule has 186 valence electrons. The minimum absolute atomic E-state index is 0.0912. The van der Waals surface area contributed by atoms with Crippen LogP contribution in [0.3, 0.4) is 0 Å². The maximum Gasteiger partial charge on any atom is 0.339 e. The molecule has 4 rings (SSSR count). The second kappa shape index (κ2) is 9.36. The number of carbonyl (C=O) groups excluding carboxylic acids is 3. The van der Waals surface area contributed by atoms with E-state index in [-0.39, 0.29) is 22.8 Å². The van der Waals surface area contributed by atoms with Crippen molar-refractivity contribution in [2.24, 2.45) is 10.8 Å². The van der Waals surface area contributed by atoms with Crippen LogP contribution in [0.25, 0.3) is 0 Å². The van der Waals surface area contributed by atoms with E-state index < -0.39 is 5.97 Å². The third kappa shape index (κ3) is 5.34. The van der Waals surface area contributed by atoms with Crippen LogP contribution in [0.2, 0.25) is 0 Å². The zero-order valence-corrected chi connectivity index (χ0v) is 21.3. The Balaban J connectivity index is 1.39. The molecule has 0 spiro atoms. The zero-order valence-electron chi connectivity index (χ0n) is 21.3. The normalized spacial score (nSPS) is 22.4. The molecule has 7 heteroatoms. The Morgan fingerprint density at radius 2 is 1.74 bits per heavy atom. The Morgan fingerprint density at radius 1 is 1.06 bits per heavy atom. The van der Waals surface area contributed by atoms with Crippen LogP contribution in [0, 0.1) is 10.8 Å². The number of hydrogen-bond acceptors (Lipinski definition) is 4. The number of ether oxygens (including phenoxy) is 1. The van der Waals surface area contributed by atoms with Gasteiger partial charge in [0.25, 0.3) is 5.91 Å². The molecule has 35 heavy (non-hydrogen) atoms. The van der Waals surface area contributed by atoms with Gasteiger partial charge in [-0.05, 0) is 59.9 Å². The molecule has 2 atom stereocenters. The van der Waals surface area contributed by atoms with Gasteiger partial charge in [-0.25, -0.2) is 9.59 Å². The third-order valence-corrected chi connectivity index (χ3v) is 7.22. The van der Waals surface area contributed by atoms with Gasteiger partial charge in [-0.1, -0.05) is 45.0 Å². The molecule has 7 nitrogen and oxygen atoms in total. The van der Waals surface area contributed by atoms with Gasteiger partial charge in [0, 0.05) is 31.7 Å². The number of esters is 1. The van der Waals surface area contributed by atoms with Gasteiger partial charge in [0.1, 0.15) is 0 Å². The molecule has 1 aliphatic heterocycles. The molecule has 3 amide bonds. The van der Waals surface area contributed by atoms with E-state index in [0.717, 1.165) is 31.4 Å². The van der Waals surface area contributed by atoms with E-state index in [2.05, 4.69) is 31.0 Å². The lowest BCUT2D eigenvalue weighted by molar-refractivity contribution is 0.0601. The monoisotopic (exact) mass is 477 g/mol. The summed E-state index contributed by atoms with van der Waals surface area (Å²) >= 11 is 0. The fourth-order valence-corrected chi connectivity index (χ4v) is 6.05. The van der Waals surface area contributed by atoms with Crippen molar-refractivity contribution in [3.05, 3.63) is 65.2 Å². The Morgan fingerprint density at radius 3 is 2.43 bits per heavy atom. The van der Waals surface area contributed by atoms with Gasteiger partial charge in [0.15, 0.2) is 0 Å². The first kappa shape index (κ1) is 24.8. The smallest absolute Gasteiger partial charge is 0.339 e. The average molecular weight is 478 g/mol. The quantitative estimate of drug-likeness (QED) is 0.602. The number of para-hydroxylation sites is 1. The van der Waals surface area contributed by atoms with Crippen LogP contribution in [0.5, 0.6) is 0 Å². The highest BCUT2D eigenvalue weighted by molar-refractivity contribution is 6.00. The SMILES string of the molecule is COC(=O)c1ccccc1NC(=O)N(C)Cc1ccc(C(=O)N2CC3(C)CC2CC(C)(C)C3)cc1. The molecule has 0 aromatic heterocycles. The Kier molecular flexibility index (Phi) is 6.62. The van der Waals surface area contributed by atoms with Crippen LogP contribution in [0.15, 0.2) is 48.5 Å². The predicted molar refractivity (Wildman–Crippen MR) is 135 cm³/mol. The summed E-state index contributed by atoms with van der Waals surface area (Å²) in [5, 5.41) is 2.77. The van der Waals surface area contributed by atoms with Crippen LogP contribution >= 0.6 is 0 Å². The molecule has 0 radical (unpaired) electrons. The lowest BCUT2D eigenvalue weighted by Gasteiger charge is -2.39. The predicted octanol–water partition coefficient (Wildman–Crippen LogP) is 5.18. The number of methoxy groups -OCH3 is 1. The standard InChI is InChI=1S/C28H35N3O4/c1-27(2)14-21-15-28(3,17-27)18-31(21)24(32)20-12-10-19(11-13-20)16-30(4)26(34)29-23-9-7-6-8-22(23)25(33)35-5/h6-13,21H,14-18H2,1-5H3,(H,29,34). The number of urea groups is 1. The van der Waals surface area contributed by atoms with Crippen LogP contribution < -0.4 is 5.32 Å². The first-order valence-electron chi connectivity index (χ1n) is 12.1. The van der Waals surface area contributed by atoms with Crippen LogP contribution in [0.4, 0.5) is 10.5 Å². The maximum atomic E-state index is 13.3. The Labute approximate surface area is 207 Å². The number of nitrogens with one attached hydrogen (secondary N) is 1. The number of likely N-dealkylation sites (tertiary alicyclic amines) is 1. The maximum absolute atomic E-state index is 13.3. The summed E-state index contributed by atoms with van der Waals surface area (Å²) in [6, 6.07) is 14.2. The summed E-state index contributed by atoms with van der Waals surface area (Å²) in [5.74, 6) is -0.420. The third-order valence-electron chi connectivity index (χ3n) is 7.22. The van der Waals surface area contributed by atoms with Crippen molar-refractivity contribution in [3.63, 3.8) is 0 Å². The van der Waals surface area contributed by atoms with Gasteiger partial charge in [-0.3, -0.25) is 4.79 Å². The lowest BCUT2D eigenvalue weighted by atomic mass is 9.65. The summed E-state index contributed by atoms with van der Waals surface area (Å²) in [5.41, 5.74) is 2.74. The van der Waals surface area contributed by atoms with Crippen molar-refractivity contribution in [1.82, 2.24) is 9.80 Å². The first-order chi connectivity index (χ1) is 16.5. The lowest BCUT2D eigenvalue weighted by Crippen LogP contribution is -2.37. The summed E-state index contributed by atoms with van der Waals surface area (Å²) in [4.78, 5) is 41.6. The van der Waals surface area contributed by atoms with Crippen molar-refractivity contribution in [2.45, 2.75) is 52.6 Å². The number of benzene rings is 2. The molecule has 1 saturated carbocycles. The summed E-state index contributed by atoms with van der Waals surface area (Å²) in [6.45, 7) is 8.10. The van der Waals surface area contributed by atoms with E-state index in [4.69, 9.17) is 4.74 Å². The second-order valence-electron chi connectivity index (χ2n) is 11.2.